The number of hydrogen-bond acceptors (Lipinski definition) is 5. The molecule has 1 unspecified atom stereocenters. The molecule has 3 rings (SSSR count). The molecule has 0 spiro atoms. The highest BCUT2D eigenvalue weighted by Gasteiger charge is 2.29. The Morgan fingerprint density at radius 2 is 2.19 bits per heavy atom. The second kappa shape index (κ2) is 5.08. The van der Waals surface area contributed by atoms with Gasteiger partial charge in [0.15, 0.2) is 0 Å². The van der Waals surface area contributed by atoms with E-state index in [9.17, 15) is 5.26 Å². The van der Waals surface area contributed by atoms with Crippen molar-refractivity contribution in [2.24, 2.45) is 0 Å². The van der Waals surface area contributed by atoms with Gasteiger partial charge in [0.2, 0.25) is 0 Å². The lowest BCUT2D eigenvalue weighted by molar-refractivity contribution is 0.0780. The van der Waals surface area contributed by atoms with E-state index < -0.39 is 0 Å². The van der Waals surface area contributed by atoms with E-state index in [1.165, 1.54) is 0 Å². The fourth-order valence-electron chi connectivity index (χ4n) is 2.69. The maximum atomic E-state index is 9.47. The van der Waals surface area contributed by atoms with E-state index >= 15 is 0 Å². The van der Waals surface area contributed by atoms with Crippen LogP contribution in [0.3, 0.4) is 0 Å². The number of nitrogens with two attached hydrogens (primary N) is 1. The van der Waals surface area contributed by atoms with Crippen LogP contribution in [-0.2, 0) is 11.3 Å². The second-order valence-electron chi connectivity index (χ2n) is 4.88. The zero-order chi connectivity index (χ0) is 15.0. The first kappa shape index (κ1) is 13.4. The van der Waals surface area contributed by atoms with Gasteiger partial charge in [0.25, 0.3) is 0 Å². The van der Waals surface area contributed by atoms with E-state index in [1.54, 1.807) is 7.11 Å². The minimum absolute atomic E-state index is 0.122. The molecule has 0 aliphatic carbocycles. The van der Waals surface area contributed by atoms with Crippen LogP contribution in [0.5, 0.6) is 5.75 Å². The van der Waals surface area contributed by atoms with E-state index in [2.05, 4.69) is 11.1 Å². The summed E-state index contributed by atoms with van der Waals surface area (Å²) in [5.74, 6) is 0.927. The number of anilines is 1. The van der Waals surface area contributed by atoms with Gasteiger partial charge in [-0.3, -0.25) is 0 Å². The van der Waals surface area contributed by atoms with Crippen LogP contribution in [0.1, 0.15) is 29.8 Å². The SMILES string of the molecule is COc1ccccc1-c1c(C#N)c(N)nc2c1COC2C. The Morgan fingerprint density at radius 3 is 2.90 bits per heavy atom. The van der Waals surface area contributed by atoms with Crippen LogP contribution in [0, 0.1) is 11.3 Å². The summed E-state index contributed by atoms with van der Waals surface area (Å²) < 4.78 is 11.1. The van der Waals surface area contributed by atoms with Crippen molar-refractivity contribution in [2.45, 2.75) is 19.6 Å². The molecule has 5 nitrogen and oxygen atoms in total. The molecule has 1 aliphatic heterocycles. The topological polar surface area (TPSA) is 81.2 Å². The lowest BCUT2D eigenvalue weighted by atomic mass is 9.93. The lowest BCUT2D eigenvalue weighted by Crippen LogP contribution is -2.05. The van der Waals surface area contributed by atoms with E-state index in [0.29, 0.717) is 17.9 Å². The average molecular weight is 281 g/mol. The molecule has 2 aromatic rings. The maximum Gasteiger partial charge on any atom is 0.142 e. The van der Waals surface area contributed by atoms with Crippen LogP contribution in [0.25, 0.3) is 11.1 Å². The predicted molar refractivity (Wildman–Crippen MR) is 78.6 cm³/mol. The molecule has 0 saturated carbocycles. The zero-order valence-electron chi connectivity index (χ0n) is 11.9. The van der Waals surface area contributed by atoms with Gasteiger partial charge in [0.1, 0.15) is 23.2 Å². The van der Waals surface area contributed by atoms with Crippen LogP contribution < -0.4 is 10.5 Å². The summed E-state index contributed by atoms with van der Waals surface area (Å²) in [5.41, 5.74) is 9.65. The first-order chi connectivity index (χ1) is 10.2. The molecule has 2 N–H and O–H groups in total. The number of para-hydroxylation sites is 1. The number of benzene rings is 1. The largest absolute Gasteiger partial charge is 0.496 e. The summed E-state index contributed by atoms with van der Waals surface area (Å²) in [6.07, 6.45) is -0.122. The number of ether oxygens (including phenoxy) is 2. The molecule has 2 heterocycles. The molecule has 0 radical (unpaired) electrons. The highest BCUT2D eigenvalue weighted by molar-refractivity contribution is 5.82. The third-order valence-corrected chi connectivity index (χ3v) is 3.71. The molecular formula is C16H15N3O2. The molecule has 0 bridgehead atoms. The second-order valence-corrected chi connectivity index (χ2v) is 4.88. The number of nitriles is 1. The summed E-state index contributed by atoms with van der Waals surface area (Å²) in [7, 11) is 1.61. The number of fused-ring (bicyclic) bond motifs is 1. The van der Waals surface area contributed by atoms with Crippen molar-refractivity contribution in [3.05, 3.63) is 41.1 Å². The maximum absolute atomic E-state index is 9.47. The third-order valence-electron chi connectivity index (χ3n) is 3.71. The molecule has 5 heteroatoms. The van der Waals surface area contributed by atoms with Gasteiger partial charge in [-0.15, -0.1) is 0 Å². The van der Waals surface area contributed by atoms with Crippen LogP contribution >= 0.6 is 0 Å². The van der Waals surface area contributed by atoms with Crippen molar-refractivity contribution in [2.75, 3.05) is 12.8 Å². The molecule has 0 fully saturated rings. The van der Waals surface area contributed by atoms with E-state index in [-0.39, 0.29) is 11.9 Å². The lowest BCUT2D eigenvalue weighted by Gasteiger charge is -2.15. The standard InChI is InChI=1S/C16H15N3O2/c1-9-15-12(8-21-9)14(11(7-17)16(18)19-15)10-5-3-4-6-13(10)20-2/h3-6,9H,8H2,1-2H3,(H2,18,19). The van der Waals surface area contributed by atoms with Crippen LogP contribution in [-0.4, -0.2) is 12.1 Å². The first-order valence-electron chi connectivity index (χ1n) is 6.64. The van der Waals surface area contributed by atoms with Crippen LogP contribution in [0.4, 0.5) is 5.82 Å². The molecule has 0 saturated heterocycles. The average Bonchev–Trinajstić information content (AvgIpc) is 2.87. The van der Waals surface area contributed by atoms with Crippen molar-refractivity contribution >= 4 is 5.82 Å². The van der Waals surface area contributed by atoms with E-state index in [0.717, 1.165) is 22.4 Å². The van der Waals surface area contributed by atoms with E-state index in [1.807, 2.05) is 31.2 Å². The van der Waals surface area contributed by atoms with Crippen molar-refractivity contribution in [3.63, 3.8) is 0 Å². The molecule has 0 amide bonds. The number of rotatable bonds is 2. The zero-order valence-corrected chi connectivity index (χ0v) is 11.9. The minimum atomic E-state index is -0.122. The normalized spacial score (nSPS) is 16.3. The van der Waals surface area contributed by atoms with Crippen LogP contribution in [0.15, 0.2) is 24.3 Å². The Hall–Kier alpha value is -2.58. The highest BCUT2D eigenvalue weighted by Crippen LogP contribution is 2.42. The van der Waals surface area contributed by atoms with Gasteiger partial charge in [-0.2, -0.15) is 5.26 Å². The number of aromatic nitrogens is 1. The van der Waals surface area contributed by atoms with Crippen molar-refractivity contribution in [1.29, 1.82) is 5.26 Å². The van der Waals surface area contributed by atoms with Crippen molar-refractivity contribution in [1.82, 2.24) is 4.98 Å². The quantitative estimate of drug-likeness (QED) is 0.915. The molecule has 1 atom stereocenters. The van der Waals surface area contributed by atoms with Crippen LogP contribution in [0.2, 0.25) is 0 Å². The summed E-state index contributed by atoms with van der Waals surface area (Å²) >= 11 is 0. The van der Waals surface area contributed by atoms with Gasteiger partial charge in [0.05, 0.1) is 25.5 Å². The number of pyridine rings is 1. The van der Waals surface area contributed by atoms with Gasteiger partial charge in [-0.25, -0.2) is 4.98 Å². The molecule has 21 heavy (non-hydrogen) atoms. The Balaban J connectivity index is 2.37. The van der Waals surface area contributed by atoms with Gasteiger partial charge in [0, 0.05) is 16.7 Å². The molecule has 1 aliphatic rings. The molecule has 106 valence electrons. The fourth-order valence-corrected chi connectivity index (χ4v) is 2.69. The first-order valence-corrected chi connectivity index (χ1v) is 6.64. The predicted octanol–water partition coefficient (Wildman–Crippen LogP) is 2.80. The Bertz CT molecular complexity index is 750. The number of hydrogen-bond donors (Lipinski definition) is 1. The third kappa shape index (κ3) is 2.01. The number of nitrogen functional groups attached to an aromatic ring is 1. The smallest absolute Gasteiger partial charge is 0.142 e. The Kier molecular flexibility index (Phi) is 3.24. The van der Waals surface area contributed by atoms with Crippen molar-refractivity contribution in [3.8, 4) is 22.9 Å². The monoisotopic (exact) mass is 281 g/mol. The highest BCUT2D eigenvalue weighted by atomic mass is 16.5. The Labute approximate surface area is 122 Å². The van der Waals surface area contributed by atoms with Gasteiger partial charge in [-0.1, -0.05) is 18.2 Å². The van der Waals surface area contributed by atoms with Crippen molar-refractivity contribution < 1.29 is 9.47 Å². The minimum Gasteiger partial charge on any atom is -0.496 e. The number of nitrogens with zero attached hydrogens (tertiary/aromatic N) is 2. The van der Waals surface area contributed by atoms with Gasteiger partial charge < -0.3 is 15.2 Å². The molecule has 1 aromatic heterocycles. The number of methoxy groups -OCH3 is 1. The molecule has 1 aromatic carbocycles. The molecular weight excluding hydrogens is 266 g/mol. The summed E-state index contributed by atoms with van der Waals surface area (Å²) in [5, 5.41) is 9.47. The Morgan fingerprint density at radius 1 is 1.43 bits per heavy atom. The van der Waals surface area contributed by atoms with Gasteiger partial charge in [-0.05, 0) is 13.0 Å². The summed E-state index contributed by atoms with van der Waals surface area (Å²) in [4.78, 5) is 4.34. The summed E-state index contributed by atoms with van der Waals surface area (Å²) in [6, 6.07) is 9.73. The summed E-state index contributed by atoms with van der Waals surface area (Å²) in [6.45, 7) is 2.35. The fraction of sp³-hybridized carbons (Fsp3) is 0.250. The van der Waals surface area contributed by atoms with Gasteiger partial charge >= 0.3 is 0 Å². The van der Waals surface area contributed by atoms with E-state index in [4.69, 9.17) is 15.2 Å².